The lowest BCUT2D eigenvalue weighted by Gasteiger charge is -2.55. The van der Waals surface area contributed by atoms with Crippen molar-refractivity contribution < 1.29 is 14.7 Å². The van der Waals surface area contributed by atoms with Gasteiger partial charge in [0, 0.05) is 32.5 Å². The van der Waals surface area contributed by atoms with Crippen molar-refractivity contribution in [2.75, 3.05) is 26.7 Å². The van der Waals surface area contributed by atoms with Gasteiger partial charge >= 0.3 is 6.03 Å². The van der Waals surface area contributed by atoms with Gasteiger partial charge in [-0.25, -0.2) is 4.79 Å². The predicted molar refractivity (Wildman–Crippen MR) is 112 cm³/mol. The Labute approximate surface area is 168 Å². The number of carbonyl (C=O) groups is 2. The number of allylic oxidation sites excluding steroid dienone is 1. The monoisotopic (exact) mass is 387 g/mol. The minimum absolute atomic E-state index is 0.0101. The molecular formula is C22H33N3O3. The molecule has 1 aromatic rings. The van der Waals surface area contributed by atoms with Crippen molar-refractivity contribution in [3.63, 3.8) is 0 Å². The number of likely N-dealkylation sites (N-methyl/N-ethyl adjacent to an activating group) is 1. The molecule has 154 valence electrons. The first kappa shape index (κ1) is 22.0. The van der Waals surface area contributed by atoms with Gasteiger partial charge in [-0.1, -0.05) is 50.3 Å². The van der Waals surface area contributed by atoms with Crippen LogP contribution in [0.1, 0.15) is 50.7 Å². The van der Waals surface area contributed by atoms with Gasteiger partial charge < -0.3 is 20.2 Å². The van der Waals surface area contributed by atoms with Crippen LogP contribution in [0.25, 0.3) is 6.08 Å². The van der Waals surface area contributed by atoms with E-state index in [0.29, 0.717) is 19.5 Å². The molecule has 0 spiro atoms. The number of hydrogen-bond donors (Lipinski definition) is 2. The normalized spacial score (nSPS) is 21.5. The maximum atomic E-state index is 12.7. The molecule has 0 saturated carbocycles. The highest BCUT2D eigenvalue weighted by Crippen LogP contribution is 2.41. The lowest BCUT2D eigenvalue weighted by atomic mass is 9.75. The second-order valence-corrected chi connectivity index (χ2v) is 7.28. The van der Waals surface area contributed by atoms with Gasteiger partial charge in [0.25, 0.3) is 0 Å². The maximum Gasteiger partial charge on any atom is 0.318 e. The molecule has 3 amide bonds. The van der Waals surface area contributed by atoms with E-state index >= 15 is 0 Å². The molecule has 0 radical (unpaired) electrons. The highest BCUT2D eigenvalue weighted by molar-refractivity contribution is 5.78. The molecule has 0 aliphatic carbocycles. The molecule has 1 saturated heterocycles. The number of nitrogens with zero attached hydrogens (tertiary/aromatic N) is 2. The average molecular weight is 388 g/mol. The van der Waals surface area contributed by atoms with Gasteiger partial charge in [-0.15, -0.1) is 0 Å². The first-order chi connectivity index (χ1) is 13.5. The third-order valence-corrected chi connectivity index (χ3v) is 5.36. The van der Waals surface area contributed by atoms with Crippen LogP contribution in [0.2, 0.25) is 0 Å². The largest absolute Gasteiger partial charge is 0.394 e. The van der Waals surface area contributed by atoms with Crippen molar-refractivity contribution in [1.82, 2.24) is 15.1 Å². The number of aliphatic hydroxyl groups is 1. The number of rotatable bonds is 8. The van der Waals surface area contributed by atoms with Gasteiger partial charge in [0.1, 0.15) is 0 Å². The summed E-state index contributed by atoms with van der Waals surface area (Å²) in [7, 11) is 1.77. The summed E-state index contributed by atoms with van der Waals surface area (Å²) in [5, 5.41) is 12.9. The summed E-state index contributed by atoms with van der Waals surface area (Å²) in [6.07, 6.45) is 5.29. The second-order valence-electron chi connectivity index (χ2n) is 7.28. The lowest BCUT2D eigenvalue weighted by molar-refractivity contribution is -0.131. The molecular weight excluding hydrogens is 354 g/mol. The molecule has 0 bridgehead atoms. The molecule has 2 rings (SSSR count). The minimum atomic E-state index is -0.292. The van der Waals surface area contributed by atoms with E-state index in [1.807, 2.05) is 45.1 Å². The zero-order chi connectivity index (χ0) is 20.7. The summed E-state index contributed by atoms with van der Waals surface area (Å²) in [6.45, 7) is 6.74. The molecule has 1 aliphatic rings. The fraction of sp³-hybridized carbons (Fsp3) is 0.545. The Morgan fingerprint density at radius 2 is 1.89 bits per heavy atom. The number of likely N-dealkylation sites (tertiary alicyclic amines) is 1. The van der Waals surface area contributed by atoms with Crippen LogP contribution in [0.5, 0.6) is 0 Å². The molecule has 1 heterocycles. The fourth-order valence-corrected chi connectivity index (χ4v) is 3.89. The summed E-state index contributed by atoms with van der Waals surface area (Å²) < 4.78 is 0. The Kier molecular flexibility index (Phi) is 8.05. The van der Waals surface area contributed by atoms with Gasteiger partial charge in [-0.2, -0.15) is 0 Å². The molecule has 0 aromatic heterocycles. The summed E-state index contributed by atoms with van der Waals surface area (Å²) >= 11 is 0. The van der Waals surface area contributed by atoms with E-state index in [1.54, 1.807) is 16.8 Å². The van der Waals surface area contributed by atoms with Gasteiger partial charge in [0.2, 0.25) is 5.91 Å². The van der Waals surface area contributed by atoms with Crippen molar-refractivity contribution in [2.24, 2.45) is 0 Å². The van der Waals surface area contributed by atoms with Crippen molar-refractivity contribution in [1.29, 1.82) is 0 Å². The Morgan fingerprint density at radius 1 is 1.21 bits per heavy atom. The zero-order valence-electron chi connectivity index (χ0n) is 17.4. The quantitative estimate of drug-likeness (QED) is 0.720. The summed E-state index contributed by atoms with van der Waals surface area (Å²) in [5.74, 6) is 0.0349. The zero-order valence-corrected chi connectivity index (χ0v) is 17.4. The maximum absolute atomic E-state index is 12.7. The highest BCUT2D eigenvalue weighted by atomic mass is 16.3. The third kappa shape index (κ3) is 4.73. The topological polar surface area (TPSA) is 72.9 Å². The van der Waals surface area contributed by atoms with Gasteiger partial charge in [-0.3, -0.25) is 4.79 Å². The summed E-state index contributed by atoms with van der Waals surface area (Å²) in [4.78, 5) is 28.2. The van der Waals surface area contributed by atoms with Crippen LogP contribution >= 0.6 is 0 Å². The predicted octanol–water partition coefficient (Wildman–Crippen LogP) is 2.84. The first-order valence-corrected chi connectivity index (χ1v) is 10.1. The van der Waals surface area contributed by atoms with Crippen LogP contribution in [-0.2, 0) is 4.79 Å². The number of hydrogen-bond acceptors (Lipinski definition) is 3. The van der Waals surface area contributed by atoms with Gasteiger partial charge in [0.05, 0.1) is 18.7 Å². The number of nitrogens with one attached hydrogen (secondary N) is 1. The SMILES string of the molecule is C/C=C/c1ccc([C@H]2[C@@H](CO)N(C(=O)NCCC)[C@H]2CN(C)C(=O)CC)cc1. The Bertz CT molecular complexity index is 687. The van der Waals surface area contributed by atoms with E-state index in [1.165, 1.54) is 0 Å². The van der Waals surface area contributed by atoms with E-state index in [-0.39, 0.29) is 36.5 Å². The van der Waals surface area contributed by atoms with E-state index in [9.17, 15) is 14.7 Å². The highest BCUT2D eigenvalue weighted by Gasteiger charge is 2.51. The molecule has 1 fully saturated rings. The Hall–Kier alpha value is -2.34. The fourth-order valence-electron chi connectivity index (χ4n) is 3.89. The van der Waals surface area contributed by atoms with Crippen LogP contribution < -0.4 is 5.32 Å². The van der Waals surface area contributed by atoms with Gasteiger partial charge in [-0.05, 0) is 24.5 Å². The first-order valence-electron chi connectivity index (χ1n) is 10.1. The lowest BCUT2D eigenvalue weighted by Crippen LogP contribution is -2.70. The smallest absolute Gasteiger partial charge is 0.318 e. The Morgan fingerprint density at radius 3 is 2.43 bits per heavy atom. The van der Waals surface area contributed by atoms with E-state index in [2.05, 4.69) is 17.4 Å². The Balaban J connectivity index is 2.28. The van der Waals surface area contributed by atoms with Crippen molar-refractivity contribution in [3.8, 4) is 0 Å². The molecule has 6 heteroatoms. The van der Waals surface area contributed by atoms with Crippen LogP contribution in [-0.4, -0.2) is 65.7 Å². The molecule has 0 unspecified atom stereocenters. The van der Waals surface area contributed by atoms with E-state index < -0.39 is 0 Å². The molecule has 1 aromatic carbocycles. The number of urea groups is 1. The van der Waals surface area contributed by atoms with Crippen LogP contribution in [0.4, 0.5) is 4.79 Å². The number of benzene rings is 1. The van der Waals surface area contributed by atoms with Crippen LogP contribution in [0.15, 0.2) is 30.3 Å². The standard InChI is InChI=1S/C22H33N3O3/c1-5-8-16-9-11-17(12-10-16)21-18(14-24(4)20(27)7-3)25(19(21)15-26)22(28)23-13-6-2/h5,8-12,18-19,21,26H,6-7,13-15H2,1-4H3,(H,23,28)/b8-5+/t18-,19+,21+/m0/s1. The molecule has 2 N–H and O–H groups in total. The molecule has 1 aliphatic heterocycles. The van der Waals surface area contributed by atoms with E-state index in [0.717, 1.165) is 17.5 Å². The summed E-state index contributed by atoms with van der Waals surface area (Å²) in [6, 6.07) is 7.56. The number of amides is 3. The molecule has 28 heavy (non-hydrogen) atoms. The van der Waals surface area contributed by atoms with Crippen molar-refractivity contribution >= 4 is 18.0 Å². The minimum Gasteiger partial charge on any atom is -0.394 e. The number of aliphatic hydroxyl groups excluding tert-OH is 1. The molecule has 3 atom stereocenters. The second kappa shape index (κ2) is 10.3. The van der Waals surface area contributed by atoms with Crippen LogP contribution in [0, 0.1) is 0 Å². The van der Waals surface area contributed by atoms with Gasteiger partial charge in [0.15, 0.2) is 0 Å². The number of carbonyl (C=O) groups excluding carboxylic acids is 2. The van der Waals surface area contributed by atoms with Crippen molar-refractivity contribution in [2.45, 2.75) is 51.6 Å². The van der Waals surface area contributed by atoms with Crippen LogP contribution in [0.3, 0.4) is 0 Å². The average Bonchev–Trinajstić information content (AvgIpc) is 2.69. The third-order valence-electron chi connectivity index (χ3n) is 5.36. The summed E-state index contributed by atoms with van der Waals surface area (Å²) in [5.41, 5.74) is 2.19. The van der Waals surface area contributed by atoms with Crippen molar-refractivity contribution in [3.05, 3.63) is 41.5 Å². The molecule has 6 nitrogen and oxygen atoms in total. The van der Waals surface area contributed by atoms with E-state index in [4.69, 9.17) is 0 Å².